The smallest absolute Gasteiger partial charge is 0.332 e. The Kier molecular flexibility index (Phi) is 2.87. The molecular formula is C12H10N6O3. The fraction of sp³-hybridized carbons (Fsp3) is 0.0833. The topological polar surface area (TPSA) is 107 Å². The molecule has 0 radical (unpaired) electrons. The summed E-state index contributed by atoms with van der Waals surface area (Å²) in [6, 6.07) is 4.90. The SMILES string of the molecule is Cn1cc(Nc2nc3ccccn3c(=O)c2[N+](=O)[O-])cn1. The predicted molar refractivity (Wildman–Crippen MR) is 74.6 cm³/mol. The highest BCUT2D eigenvalue weighted by atomic mass is 16.6. The van der Waals surface area contributed by atoms with Gasteiger partial charge in [-0.3, -0.25) is 24.0 Å². The van der Waals surface area contributed by atoms with E-state index in [4.69, 9.17) is 0 Å². The first kappa shape index (κ1) is 12.8. The van der Waals surface area contributed by atoms with Gasteiger partial charge in [-0.1, -0.05) is 6.07 Å². The molecule has 0 amide bonds. The zero-order valence-electron chi connectivity index (χ0n) is 10.9. The lowest BCUT2D eigenvalue weighted by Gasteiger charge is -2.06. The Morgan fingerprint density at radius 1 is 1.38 bits per heavy atom. The lowest BCUT2D eigenvalue weighted by atomic mass is 10.4. The van der Waals surface area contributed by atoms with Crippen LogP contribution in [0.1, 0.15) is 0 Å². The highest BCUT2D eigenvalue weighted by molar-refractivity contribution is 5.66. The zero-order chi connectivity index (χ0) is 15.0. The summed E-state index contributed by atoms with van der Waals surface area (Å²) in [6.07, 6.45) is 4.54. The Morgan fingerprint density at radius 2 is 2.19 bits per heavy atom. The summed E-state index contributed by atoms with van der Waals surface area (Å²) in [5.41, 5.74) is -0.521. The Balaban J connectivity index is 2.22. The summed E-state index contributed by atoms with van der Waals surface area (Å²) in [5, 5.41) is 17.9. The maximum absolute atomic E-state index is 12.2. The molecule has 21 heavy (non-hydrogen) atoms. The monoisotopic (exact) mass is 286 g/mol. The Morgan fingerprint density at radius 3 is 2.86 bits per heavy atom. The summed E-state index contributed by atoms with van der Waals surface area (Å²) < 4.78 is 2.66. The van der Waals surface area contributed by atoms with E-state index in [9.17, 15) is 14.9 Å². The molecule has 0 fully saturated rings. The van der Waals surface area contributed by atoms with E-state index in [2.05, 4.69) is 15.4 Å². The summed E-state index contributed by atoms with van der Waals surface area (Å²) in [5.74, 6) is -0.107. The average Bonchev–Trinajstić information content (AvgIpc) is 2.84. The van der Waals surface area contributed by atoms with Crippen molar-refractivity contribution in [1.82, 2.24) is 19.2 Å². The molecule has 0 aromatic carbocycles. The molecule has 3 aromatic rings. The molecule has 3 rings (SSSR count). The van der Waals surface area contributed by atoms with Crippen molar-refractivity contribution in [1.29, 1.82) is 0 Å². The van der Waals surface area contributed by atoms with E-state index in [0.29, 0.717) is 11.3 Å². The maximum Gasteiger partial charge on any atom is 0.376 e. The fourth-order valence-corrected chi connectivity index (χ4v) is 1.95. The molecule has 0 aliphatic heterocycles. The van der Waals surface area contributed by atoms with Crippen LogP contribution in [-0.2, 0) is 7.05 Å². The number of aryl methyl sites for hydroxylation is 1. The lowest BCUT2D eigenvalue weighted by molar-refractivity contribution is -0.385. The zero-order valence-corrected chi connectivity index (χ0v) is 10.9. The van der Waals surface area contributed by atoms with Gasteiger partial charge in [-0.05, 0) is 12.1 Å². The van der Waals surface area contributed by atoms with Crippen molar-refractivity contribution < 1.29 is 4.92 Å². The van der Waals surface area contributed by atoms with E-state index < -0.39 is 16.2 Å². The van der Waals surface area contributed by atoms with Crippen LogP contribution in [0.5, 0.6) is 0 Å². The molecule has 3 aromatic heterocycles. The number of fused-ring (bicyclic) bond motifs is 1. The quantitative estimate of drug-likeness (QED) is 0.570. The number of nitrogens with one attached hydrogen (secondary N) is 1. The minimum Gasteiger partial charge on any atom is -0.332 e. The second kappa shape index (κ2) is 4.71. The van der Waals surface area contributed by atoms with Crippen LogP contribution >= 0.6 is 0 Å². The van der Waals surface area contributed by atoms with E-state index in [-0.39, 0.29) is 5.82 Å². The van der Waals surface area contributed by atoms with E-state index in [1.54, 1.807) is 31.4 Å². The normalized spacial score (nSPS) is 10.7. The third-order valence-corrected chi connectivity index (χ3v) is 2.86. The van der Waals surface area contributed by atoms with Crippen LogP contribution in [0.3, 0.4) is 0 Å². The molecule has 9 heteroatoms. The van der Waals surface area contributed by atoms with Crippen molar-refractivity contribution in [3.8, 4) is 0 Å². The Labute approximate surface area is 117 Å². The number of pyridine rings is 1. The third kappa shape index (κ3) is 2.20. The minimum absolute atomic E-state index is 0.107. The second-order valence-corrected chi connectivity index (χ2v) is 4.33. The first-order chi connectivity index (χ1) is 10.1. The number of rotatable bonds is 3. The molecule has 0 bridgehead atoms. The van der Waals surface area contributed by atoms with Gasteiger partial charge >= 0.3 is 11.2 Å². The number of nitrogens with zero attached hydrogens (tertiary/aromatic N) is 5. The van der Waals surface area contributed by atoms with Crippen LogP contribution in [0.25, 0.3) is 5.65 Å². The third-order valence-electron chi connectivity index (χ3n) is 2.86. The number of hydrogen-bond acceptors (Lipinski definition) is 6. The molecule has 0 spiro atoms. The Hall–Kier alpha value is -3.23. The largest absolute Gasteiger partial charge is 0.376 e. The minimum atomic E-state index is -0.743. The van der Waals surface area contributed by atoms with Crippen molar-refractivity contribution in [2.24, 2.45) is 7.05 Å². The van der Waals surface area contributed by atoms with Crippen LogP contribution in [0.4, 0.5) is 17.2 Å². The van der Waals surface area contributed by atoms with Gasteiger partial charge in [-0.2, -0.15) is 5.10 Å². The summed E-state index contributed by atoms with van der Waals surface area (Å²) >= 11 is 0. The molecular weight excluding hydrogens is 276 g/mol. The highest BCUT2D eigenvalue weighted by Gasteiger charge is 2.23. The van der Waals surface area contributed by atoms with E-state index in [1.165, 1.54) is 17.1 Å². The van der Waals surface area contributed by atoms with Crippen LogP contribution in [0.2, 0.25) is 0 Å². The molecule has 0 saturated carbocycles. The predicted octanol–water partition coefficient (Wildman–Crippen LogP) is 1.08. The lowest BCUT2D eigenvalue weighted by Crippen LogP contribution is -2.20. The number of aromatic nitrogens is 4. The van der Waals surface area contributed by atoms with E-state index in [1.807, 2.05) is 0 Å². The fourth-order valence-electron chi connectivity index (χ4n) is 1.95. The molecule has 0 unspecified atom stereocenters. The van der Waals surface area contributed by atoms with Crippen LogP contribution in [-0.4, -0.2) is 24.1 Å². The van der Waals surface area contributed by atoms with Crippen molar-refractivity contribution in [2.75, 3.05) is 5.32 Å². The number of hydrogen-bond donors (Lipinski definition) is 1. The number of nitro groups is 1. The van der Waals surface area contributed by atoms with Crippen LogP contribution < -0.4 is 10.9 Å². The van der Waals surface area contributed by atoms with Gasteiger partial charge in [0, 0.05) is 19.4 Å². The summed E-state index contributed by atoms with van der Waals surface area (Å²) in [4.78, 5) is 26.8. The van der Waals surface area contributed by atoms with Crippen LogP contribution in [0.15, 0.2) is 41.6 Å². The second-order valence-electron chi connectivity index (χ2n) is 4.33. The maximum atomic E-state index is 12.2. The van der Waals surface area contributed by atoms with Gasteiger partial charge in [-0.15, -0.1) is 0 Å². The van der Waals surface area contributed by atoms with E-state index in [0.717, 1.165) is 4.40 Å². The summed E-state index contributed by atoms with van der Waals surface area (Å²) in [7, 11) is 1.71. The van der Waals surface area contributed by atoms with Crippen molar-refractivity contribution in [2.45, 2.75) is 0 Å². The molecule has 1 N–H and O–H groups in total. The standard InChI is InChI=1S/C12H10N6O3/c1-16-7-8(6-13-16)14-11-10(18(20)21)12(19)17-5-3-2-4-9(17)15-11/h2-7,14H,1H3. The van der Waals surface area contributed by atoms with Gasteiger partial charge in [0.15, 0.2) is 0 Å². The molecule has 106 valence electrons. The molecule has 0 aliphatic carbocycles. The van der Waals surface area contributed by atoms with Crippen LogP contribution in [0, 0.1) is 10.1 Å². The molecule has 0 aliphatic rings. The van der Waals surface area contributed by atoms with Gasteiger partial charge in [0.25, 0.3) is 0 Å². The number of anilines is 2. The molecule has 0 saturated heterocycles. The highest BCUT2D eigenvalue weighted by Crippen LogP contribution is 2.22. The van der Waals surface area contributed by atoms with Crippen molar-refractivity contribution in [3.05, 3.63) is 57.3 Å². The van der Waals surface area contributed by atoms with E-state index >= 15 is 0 Å². The average molecular weight is 286 g/mol. The van der Waals surface area contributed by atoms with Crippen molar-refractivity contribution >= 4 is 22.8 Å². The molecule has 9 nitrogen and oxygen atoms in total. The Bertz CT molecular complexity index is 897. The van der Waals surface area contributed by atoms with Crippen molar-refractivity contribution in [3.63, 3.8) is 0 Å². The van der Waals surface area contributed by atoms with Gasteiger partial charge in [-0.25, -0.2) is 4.98 Å². The summed E-state index contributed by atoms with van der Waals surface area (Å²) in [6.45, 7) is 0. The van der Waals surface area contributed by atoms with Gasteiger partial charge < -0.3 is 5.32 Å². The van der Waals surface area contributed by atoms with Gasteiger partial charge in [0.05, 0.1) is 16.8 Å². The van der Waals surface area contributed by atoms with Gasteiger partial charge in [0.2, 0.25) is 5.82 Å². The molecule has 3 heterocycles. The molecule has 0 atom stereocenters. The first-order valence-corrected chi connectivity index (χ1v) is 5.98. The first-order valence-electron chi connectivity index (χ1n) is 5.98. The van der Waals surface area contributed by atoms with Gasteiger partial charge in [0.1, 0.15) is 5.65 Å².